The number of halogens is 1. The zero-order valence-corrected chi connectivity index (χ0v) is 22.0. The fraction of sp³-hybridized carbons (Fsp3) is 0.481. The van der Waals surface area contributed by atoms with E-state index in [1.807, 2.05) is 42.2 Å². The molecule has 4 aliphatic rings. The molecular weight excluding hydrogens is 490 g/mol. The van der Waals surface area contributed by atoms with Crippen molar-refractivity contribution in [3.8, 4) is 0 Å². The van der Waals surface area contributed by atoms with Crippen molar-refractivity contribution in [2.24, 2.45) is 5.84 Å². The van der Waals surface area contributed by atoms with Crippen LogP contribution in [0.15, 0.2) is 54.3 Å². The summed E-state index contributed by atoms with van der Waals surface area (Å²) in [6, 6.07) is 5.63. The van der Waals surface area contributed by atoms with Gasteiger partial charge in [-0.25, -0.2) is 10.9 Å². The molecular formula is C27H36ClN7O2. The lowest BCUT2D eigenvalue weighted by molar-refractivity contribution is -0.129. The molecule has 3 atom stereocenters. The van der Waals surface area contributed by atoms with E-state index in [9.17, 15) is 9.59 Å². The number of para-hydroxylation sites is 1. The van der Waals surface area contributed by atoms with Gasteiger partial charge in [-0.3, -0.25) is 14.5 Å². The minimum Gasteiger partial charge on any atom is -0.385 e. The summed E-state index contributed by atoms with van der Waals surface area (Å²) in [5.74, 6) is 6.25. The average Bonchev–Trinajstić information content (AvgIpc) is 3.09. The largest absolute Gasteiger partial charge is 0.385 e. The Morgan fingerprint density at radius 1 is 1.22 bits per heavy atom. The Bertz CT molecular complexity index is 1120. The molecule has 0 saturated carbocycles. The van der Waals surface area contributed by atoms with Crippen LogP contribution >= 0.6 is 11.6 Å². The molecule has 1 aromatic rings. The normalized spacial score (nSPS) is 25.6. The predicted molar refractivity (Wildman–Crippen MR) is 147 cm³/mol. The van der Waals surface area contributed by atoms with Crippen molar-refractivity contribution in [3.63, 3.8) is 0 Å². The monoisotopic (exact) mass is 525 g/mol. The van der Waals surface area contributed by atoms with Crippen LogP contribution in [-0.4, -0.2) is 77.7 Å². The van der Waals surface area contributed by atoms with Crippen molar-refractivity contribution in [1.82, 2.24) is 20.1 Å². The summed E-state index contributed by atoms with van der Waals surface area (Å²) in [6.07, 6.45) is 12.4. The molecule has 198 valence electrons. The molecule has 37 heavy (non-hydrogen) atoms. The van der Waals surface area contributed by atoms with Gasteiger partial charge >= 0.3 is 0 Å². The van der Waals surface area contributed by atoms with Crippen LogP contribution in [0, 0.1) is 0 Å². The maximum absolute atomic E-state index is 13.4. The van der Waals surface area contributed by atoms with E-state index in [1.54, 1.807) is 18.4 Å². The van der Waals surface area contributed by atoms with Gasteiger partial charge in [-0.05, 0) is 76.2 Å². The molecule has 0 aromatic heterocycles. The highest BCUT2D eigenvalue weighted by molar-refractivity contribution is 6.34. The number of nitrogens with zero attached hydrogens (tertiary/aromatic N) is 4. The van der Waals surface area contributed by atoms with Gasteiger partial charge < -0.3 is 20.4 Å². The van der Waals surface area contributed by atoms with Gasteiger partial charge in [0, 0.05) is 37.3 Å². The van der Waals surface area contributed by atoms with Crippen LogP contribution in [0.2, 0.25) is 5.02 Å². The van der Waals surface area contributed by atoms with Gasteiger partial charge in [-0.2, -0.15) is 0 Å². The number of hydrazine groups is 1. The number of nitrogens with one attached hydrogen (secondary N) is 2. The van der Waals surface area contributed by atoms with Gasteiger partial charge in [0.25, 0.3) is 5.91 Å². The Labute approximate surface area is 223 Å². The fourth-order valence-electron chi connectivity index (χ4n) is 5.40. The van der Waals surface area contributed by atoms with Crippen molar-refractivity contribution in [1.29, 1.82) is 0 Å². The third-order valence-electron chi connectivity index (χ3n) is 7.51. The van der Waals surface area contributed by atoms with Crippen LogP contribution in [-0.2, 0) is 9.59 Å². The number of nitrogens with two attached hydrogens (primary N) is 1. The standard InChI is InChI=1S/C27H36ClN7O2/c1-19-17-20(11-12-30-19)26(37)35(29)27-31-23-9-4-8-22(28)25(23)34(27)21-7-2-3-16-33(18-21)24(36)10-5-13-32-14-6-15-32/h4-5,8-12,17,19,21,27,30-31H,2-3,6-7,13-16,18,29H2,1H3/b10-5+/t19?,21-,27?/m1/s1. The number of fused-ring (bicyclic) bond motifs is 1. The summed E-state index contributed by atoms with van der Waals surface area (Å²) in [7, 11) is 0. The highest BCUT2D eigenvalue weighted by Crippen LogP contribution is 2.43. The number of dihydropyridines is 1. The van der Waals surface area contributed by atoms with Crippen LogP contribution in [0.5, 0.6) is 0 Å². The van der Waals surface area contributed by atoms with Crippen molar-refractivity contribution in [2.75, 3.05) is 42.9 Å². The van der Waals surface area contributed by atoms with Gasteiger partial charge in [0.2, 0.25) is 5.91 Å². The van der Waals surface area contributed by atoms with Gasteiger partial charge in [-0.15, -0.1) is 0 Å². The topological polar surface area (TPSA) is 97.2 Å². The molecule has 2 fully saturated rings. The molecule has 0 bridgehead atoms. The zero-order chi connectivity index (χ0) is 25.9. The van der Waals surface area contributed by atoms with E-state index in [0.717, 1.165) is 50.3 Å². The number of carbonyl (C=O) groups excluding carboxylic acids is 2. The van der Waals surface area contributed by atoms with E-state index in [4.69, 9.17) is 17.4 Å². The SMILES string of the molecule is CC1C=C(C(=O)N(N)C2Nc3cccc(Cl)c3N2[C@@H]2CCCCN(C(=O)/C=C/CN3CCC3)C2)C=CN1. The van der Waals surface area contributed by atoms with E-state index < -0.39 is 6.29 Å². The molecule has 2 saturated heterocycles. The fourth-order valence-corrected chi connectivity index (χ4v) is 5.67. The Morgan fingerprint density at radius 2 is 2.05 bits per heavy atom. The lowest BCUT2D eigenvalue weighted by Crippen LogP contribution is -2.60. The quantitative estimate of drug-likeness (QED) is 0.227. The van der Waals surface area contributed by atoms with Gasteiger partial charge in [0.05, 0.1) is 22.4 Å². The summed E-state index contributed by atoms with van der Waals surface area (Å²) in [5.41, 5.74) is 2.16. The number of likely N-dealkylation sites (tertiary alicyclic amines) is 2. The third-order valence-corrected chi connectivity index (χ3v) is 7.82. The van der Waals surface area contributed by atoms with Gasteiger partial charge in [-0.1, -0.05) is 23.7 Å². The summed E-state index contributed by atoms with van der Waals surface area (Å²) in [5, 5.41) is 8.39. The van der Waals surface area contributed by atoms with E-state index in [1.165, 1.54) is 11.4 Å². The van der Waals surface area contributed by atoms with Crippen LogP contribution in [0.4, 0.5) is 11.4 Å². The number of carbonyl (C=O) groups is 2. The van der Waals surface area contributed by atoms with Crippen molar-refractivity contribution in [2.45, 2.75) is 51.0 Å². The molecule has 2 amide bonds. The predicted octanol–water partition coefficient (Wildman–Crippen LogP) is 2.63. The number of anilines is 2. The Kier molecular flexibility index (Phi) is 7.73. The van der Waals surface area contributed by atoms with Crippen molar-refractivity contribution >= 4 is 34.8 Å². The second-order valence-electron chi connectivity index (χ2n) is 10.2. The Morgan fingerprint density at radius 3 is 2.81 bits per heavy atom. The first-order valence-corrected chi connectivity index (χ1v) is 13.5. The number of hydrogen-bond donors (Lipinski definition) is 3. The molecule has 4 heterocycles. The second kappa shape index (κ2) is 11.2. The maximum Gasteiger partial charge on any atom is 0.270 e. The van der Waals surface area contributed by atoms with Crippen LogP contribution in [0.1, 0.15) is 32.6 Å². The van der Waals surface area contributed by atoms with Gasteiger partial charge in [0.1, 0.15) is 0 Å². The van der Waals surface area contributed by atoms with E-state index in [-0.39, 0.29) is 23.9 Å². The Hall–Kier alpha value is -3.01. The van der Waals surface area contributed by atoms with Crippen LogP contribution < -0.4 is 21.4 Å². The first-order valence-electron chi connectivity index (χ1n) is 13.2. The smallest absolute Gasteiger partial charge is 0.270 e. The molecule has 0 radical (unpaired) electrons. The van der Waals surface area contributed by atoms with E-state index in [2.05, 4.69) is 20.4 Å². The number of hydrogen-bond acceptors (Lipinski definition) is 7. The van der Waals surface area contributed by atoms with Crippen LogP contribution in [0.3, 0.4) is 0 Å². The molecule has 10 heteroatoms. The third kappa shape index (κ3) is 5.49. The maximum atomic E-state index is 13.4. The average molecular weight is 526 g/mol. The van der Waals surface area contributed by atoms with E-state index >= 15 is 0 Å². The molecule has 2 unspecified atom stereocenters. The van der Waals surface area contributed by atoms with Crippen molar-refractivity contribution in [3.05, 3.63) is 59.3 Å². The molecule has 0 aliphatic carbocycles. The highest BCUT2D eigenvalue weighted by Gasteiger charge is 2.41. The first-order chi connectivity index (χ1) is 17.9. The number of benzene rings is 1. The molecule has 0 spiro atoms. The summed E-state index contributed by atoms with van der Waals surface area (Å²) >= 11 is 6.70. The minimum absolute atomic E-state index is 0.0233. The minimum atomic E-state index is -0.635. The van der Waals surface area contributed by atoms with Gasteiger partial charge in [0.15, 0.2) is 6.29 Å². The van der Waals surface area contributed by atoms with Crippen LogP contribution in [0.25, 0.3) is 0 Å². The molecule has 1 aromatic carbocycles. The molecule has 5 rings (SSSR count). The second-order valence-corrected chi connectivity index (χ2v) is 10.6. The zero-order valence-electron chi connectivity index (χ0n) is 21.3. The lowest BCUT2D eigenvalue weighted by atomic mass is 10.1. The lowest BCUT2D eigenvalue weighted by Gasteiger charge is -2.39. The number of amides is 2. The molecule has 9 nitrogen and oxygen atoms in total. The summed E-state index contributed by atoms with van der Waals surface area (Å²) in [6.45, 7) is 6.23. The first kappa shape index (κ1) is 25.6. The van der Waals surface area contributed by atoms with Crippen molar-refractivity contribution < 1.29 is 9.59 Å². The summed E-state index contributed by atoms with van der Waals surface area (Å²) < 4.78 is 0. The molecule has 4 N–H and O–H groups in total. The Balaban J connectivity index is 1.38. The summed E-state index contributed by atoms with van der Waals surface area (Å²) in [4.78, 5) is 32.9. The number of rotatable bonds is 6. The molecule has 4 aliphatic heterocycles. The highest BCUT2D eigenvalue weighted by atomic mass is 35.5. The van der Waals surface area contributed by atoms with E-state index in [0.29, 0.717) is 23.7 Å².